The van der Waals surface area contributed by atoms with Crippen molar-refractivity contribution in [1.82, 2.24) is 5.32 Å². The van der Waals surface area contributed by atoms with E-state index in [4.69, 9.17) is 8.85 Å². The van der Waals surface area contributed by atoms with Crippen LogP contribution in [0.15, 0.2) is 42.5 Å². The van der Waals surface area contributed by atoms with Gasteiger partial charge in [-0.25, -0.2) is 0 Å². The number of carbonyl (C=O) groups excluding carboxylic acids is 1. The molecule has 1 aliphatic carbocycles. The van der Waals surface area contributed by atoms with E-state index in [0.717, 1.165) is 5.56 Å². The molecule has 0 bridgehead atoms. The van der Waals surface area contributed by atoms with Crippen LogP contribution in [0.4, 0.5) is 0 Å². The molecule has 0 amide bonds. The van der Waals surface area contributed by atoms with Crippen LogP contribution in [0.5, 0.6) is 0 Å². The molecule has 0 fully saturated rings. The number of benzene rings is 1. The van der Waals surface area contributed by atoms with Gasteiger partial charge in [0.15, 0.2) is 0 Å². The third-order valence-electron chi connectivity index (χ3n) is 3.65. The highest BCUT2D eigenvalue weighted by Crippen LogP contribution is 2.38. The first-order valence-corrected chi connectivity index (χ1v) is 6.57. The fourth-order valence-electron chi connectivity index (χ4n) is 2.70. The van der Waals surface area contributed by atoms with Crippen LogP contribution in [0.1, 0.15) is 29.4 Å². The highest BCUT2D eigenvalue weighted by atomic mass is 16.5. The number of hydrogen-bond donors (Lipinski definition) is 1. The van der Waals surface area contributed by atoms with Gasteiger partial charge in [-0.15, -0.1) is 0 Å². The van der Waals surface area contributed by atoms with Gasteiger partial charge in [0, 0.05) is 10.2 Å². The van der Waals surface area contributed by atoms with Gasteiger partial charge in [-0.3, -0.25) is 4.79 Å². The zero-order valence-electron chi connectivity index (χ0n) is 14.1. The number of likely N-dealkylation sites (N-methyl/N-ethyl adjacent to an activating group) is 1. The Morgan fingerprint density at radius 1 is 1.53 bits per heavy atom. The largest absolute Gasteiger partial charge is 0.465 e. The Bertz CT molecular complexity index is 542. The molecule has 0 aliphatic heterocycles. The molecule has 0 radical (unpaired) electrons. The second-order valence-corrected chi connectivity index (χ2v) is 4.65. The molecule has 3 nitrogen and oxygen atoms in total. The molecule has 0 aromatic heterocycles. The Hall–Kier alpha value is -1.61. The first kappa shape index (κ1) is 10.2. The molecular weight excluding hydrogens is 238 g/mol. The van der Waals surface area contributed by atoms with Crippen LogP contribution in [0.3, 0.4) is 0 Å². The molecule has 2 atom stereocenters. The molecule has 1 N–H and O–H groups in total. The highest BCUT2D eigenvalue weighted by molar-refractivity contribution is 5.85. The third kappa shape index (κ3) is 2.43. The molecule has 1 aliphatic rings. The lowest BCUT2D eigenvalue weighted by Crippen LogP contribution is -2.53. The van der Waals surface area contributed by atoms with Crippen LogP contribution < -0.4 is 5.32 Å². The van der Waals surface area contributed by atoms with E-state index in [1.807, 2.05) is 36.4 Å². The van der Waals surface area contributed by atoms with Gasteiger partial charge >= 0.3 is 5.97 Å². The standard InChI is InChI=1S/C16H21NO2/c1-3-19-15(18)16(13-9-5-4-6-10-13)12-8-7-11-14(16)17-2/h4-7,9-11,14,17H,3,8,12H2,1-2H3/t14-,16+/m0/s1/i2D3. The van der Waals surface area contributed by atoms with Crippen LogP contribution in [0, 0.1) is 0 Å². The first-order chi connectivity index (χ1) is 10.4. The van der Waals surface area contributed by atoms with E-state index < -0.39 is 18.4 Å². The molecule has 19 heavy (non-hydrogen) atoms. The third-order valence-corrected chi connectivity index (χ3v) is 3.65. The molecule has 0 unspecified atom stereocenters. The zero-order valence-corrected chi connectivity index (χ0v) is 11.1. The zero-order chi connectivity index (χ0) is 16.2. The summed E-state index contributed by atoms with van der Waals surface area (Å²) in [6.07, 6.45) is 4.89. The fourth-order valence-corrected chi connectivity index (χ4v) is 2.70. The van der Waals surface area contributed by atoms with Crippen molar-refractivity contribution in [2.24, 2.45) is 0 Å². The lowest BCUT2D eigenvalue weighted by molar-refractivity contribution is -0.151. The van der Waals surface area contributed by atoms with Gasteiger partial charge in [0.1, 0.15) is 5.41 Å². The van der Waals surface area contributed by atoms with E-state index in [1.54, 1.807) is 13.0 Å². The van der Waals surface area contributed by atoms with Crippen molar-refractivity contribution in [2.75, 3.05) is 13.6 Å². The maximum Gasteiger partial charge on any atom is 0.318 e. The number of rotatable bonds is 4. The van der Waals surface area contributed by atoms with Crippen molar-refractivity contribution in [3.05, 3.63) is 48.0 Å². The second kappa shape index (κ2) is 6.02. The number of carbonyl (C=O) groups is 1. The molecule has 0 spiro atoms. The van der Waals surface area contributed by atoms with Crippen LogP contribution in [0.25, 0.3) is 0 Å². The van der Waals surface area contributed by atoms with Gasteiger partial charge in [-0.1, -0.05) is 42.5 Å². The van der Waals surface area contributed by atoms with Crippen molar-refractivity contribution < 1.29 is 13.6 Å². The van der Waals surface area contributed by atoms with Crippen LogP contribution >= 0.6 is 0 Å². The summed E-state index contributed by atoms with van der Waals surface area (Å²) in [6, 6.07) is 8.64. The van der Waals surface area contributed by atoms with Crippen molar-refractivity contribution in [3.8, 4) is 0 Å². The van der Waals surface area contributed by atoms with Crippen molar-refractivity contribution >= 4 is 5.97 Å². The molecule has 1 aromatic carbocycles. The van der Waals surface area contributed by atoms with E-state index in [2.05, 4.69) is 5.32 Å². The summed E-state index contributed by atoms with van der Waals surface area (Å²) in [7, 11) is 0. The molecule has 0 saturated carbocycles. The minimum atomic E-state index is -2.33. The van der Waals surface area contributed by atoms with E-state index >= 15 is 0 Å². The van der Waals surface area contributed by atoms with Crippen LogP contribution in [-0.2, 0) is 14.9 Å². The van der Waals surface area contributed by atoms with Gasteiger partial charge in [0.25, 0.3) is 0 Å². The normalized spacial score (nSPS) is 29.1. The Kier molecular flexibility index (Phi) is 3.24. The maximum absolute atomic E-state index is 12.7. The number of allylic oxidation sites excluding steroid dienone is 1. The van der Waals surface area contributed by atoms with Gasteiger partial charge in [-0.2, -0.15) is 0 Å². The number of ether oxygens (including phenoxy) is 1. The van der Waals surface area contributed by atoms with Crippen LogP contribution in [-0.4, -0.2) is 25.6 Å². The molecule has 3 heteroatoms. The van der Waals surface area contributed by atoms with Gasteiger partial charge in [0.2, 0.25) is 0 Å². The molecule has 0 saturated heterocycles. The lowest BCUT2D eigenvalue weighted by Gasteiger charge is -2.39. The summed E-state index contributed by atoms with van der Waals surface area (Å²) in [5, 5.41) is 2.60. The summed E-state index contributed by atoms with van der Waals surface area (Å²) >= 11 is 0. The number of nitrogens with one attached hydrogen (secondary N) is 1. The lowest BCUT2D eigenvalue weighted by atomic mass is 9.68. The van der Waals surface area contributed by atoms with Gasteiger partial charge in [0.05, 0.1) is 6.61 Å². The Morgan fingerprint density at radius 3 is 3.00 bits per heavy atom. The molecular formula is C16H21NO2. The SMILES string of the molecule is [2H]C([2H])([2H])N[C@H]1C=CCC[C@@]1(C(=O)OCC)c1ccccc1. The molecule has 0 heterocycles. The van der Waals surface area contributed by atoms with Gasteiger partial charge in [-0.05, 0) is 32.3 Å². The maximum atomic E-state index is 12.7. The molecule has 1 aromatic rings. The van der Waals surface area contributed by atoms with Crippen molar-refractivity contribution in [2.45, 2.75) is 31.2 Å². The average molecular weight is 262 g/mol. The quantitative estimate of drug-likeness (QED) is 0.669. The Labute approximate surface area is 118 Å². The summed E-state index contributed by atoms with van der Waals surface area (Å²) in [5.74, 6) is -0.382. The highest BCUT2D eigenvalue weighted by Gasteiger charge is 2.47. The molecule has 102 valence electrons. The number of esters is 1. The summed E-state index contributed by atoms with van der Waals surface area (Å²) in [5.41, 5.74) is -0.236. The monoisotopic (exact) mass is 262 g/mol. The predicted octanol–water partition coefficient (Wildman–Crippen LogP) is 2.43. The van der Waals surface area contributed by atoms with Crippen molar-refractivity contribution in [1.29, 1.82) is 0 Å². The van der Waals surface area contributed by atoms with E-state index in [1.165, 1.54) is 0 Å². The smallest absolute Gasteiger partial charge is 0.318 e. The summed E-state index contributed by atoms with van der Waals surface area (Å²) in [4.78, 5) is 12.7. The summed E-state index contributed by atoms with van der Waals surface area (Å²) < 4.78 is 27.7. The van der Waals surface area contributed by atoms with E-state index in [9.17, 15) is 4.79 Å². The summed E-state index contributed by atoms with van der Waals surface area (Å²) in [6.45, 7) is -0.321. The van der Waals surface area contributed by atoms with E-state index in [-0.39, 0.29) is 12.6 Å². The topological polar surface area (TPSA) is 38.3 Å². The Morgan fingerprint density at radius 2 is 2.32 bits per heavy atom. The second-order valence-electron chi connectivity index (χ2n) is 4.65. The molecule has 2 rings (SSSR count). The Balaban J connectivity index is 2.50. The minimum absolute atomic E-state index is 0.262. The predicted molar refractivity (Wildman–Crippen MR) is 76.0 cm³/mol. The minimum Gasteiger partial charge on any atom is -0.465 e. The first-order valence-electron chi connectivity index (χ1n) is 8.07. The fraction of sp³-hybridized carbons (Fsp3) is 0.438. The van der Waals surface area contributed by atoms with Crippen molar-refractivity contribution in [3.63, 3.8) is 0 Å². The van der Waals surface area contributed by atoms with Crippen LogP contribution in [0.2, 0.25) is 0 Å². The van der Waals surface area contributed by atoms with Gasteiger partial charge < -0.3 is 10.1 Å². The average Bonchev–Trinajstić information content (AvgIpc) is 2.47. The van der Waals surface area contributed by atoms with E-state index in [0.29, 0.717) is 12.8 Å². The number of hydrogen-bond acceptors (Lipinski definition) is 3.